The molecule has 3 N–H and O–H groups in total. The number of benzene rings is 1. The summed E-state index contributed by atoms with van der Waals surface area (Å²) in [6, 6.07) is 4.49. The van der Waals surface area contributed by atoms with Gasteiger partial charge in [0.05, 0.1) is 0 Å². The van der Waals surface area contributed by atoms with Crippen LogP contribution < -0.4 is 15.2 Å². The zero-order chi connectivity index (χ0) is 27.3. The largest absolute Gasteiger partial charge is 0.480 e. The van der Waals surface area contributed by atoms with E-state index in [0.717, 1.165) is 12.8 Å². The lowest BCUT2D eigenvalue weighted by molar-refractivity contribution is -0.157. The molecule has 0 spiro atoms. The van der Waals surface area contributed by atoms with Gasteiger partial charge in [-0.2, -0.15) is 0 Å². The van der Waals surface area contributed by atoms with Gasteiger partial charge in [-0.05, 0) is 43.9 Å². The van der Waals surface area contributed by atoms with Crippen LogP contribution in [0.2, 0.25) is 0 Å². The first kappa shape index (κ1) is 31.1. The summed E-state index contributed by atoms with van der Waals surface area (Å²) >= 11 is 0. The number of ether oxygens (including phenoxy) is 3. The molecule has 0 aliphatic carbocycles. The van der Waals surface area contributed by atoms with Crippen molar-refractivity contribution in [3.8, 4) is 11.5 Å². The molecule has 36 heavy (non-hydrogen) atoms. The topological polar surface area (TPSA) is 142 Å². The highest BCUT2D eigenvalue weighted by atomic mass is 16.6. The molecule has 0 heterocycles. The van der Waals surface area contributed by atoms with Gasteiger partial charge in [0.2, 0.25) is 0 Å². The van der Waals surface area contributed by atoms with Crippen molar-refractivity contribution >= 4 is 23.9 Å². The number of rotatable bonds is 16. The van der Waals surface area contributed by atoms with E-state index in [1.807, 2.05) is 20.8 Å². The minimum atomic E-state index is -1.78. The van der Waals surface area contributed by atoms with E-state index in [1.54, 1.807) is 19.9 Å². The molecule has 3 atom stereocenters. The Balaban J connectivity index is 3.17. The molecular weight excluding hydrogens is 466 g/mol. The Morgan fingerprint density at radius 2 is 1.44 bits per heavy atom. The van der Waals surface area contributed by atoms with Crippen LogP contribution in [0.5, 0.6) is 11.5 Å². The van der Waals surface area contributed by atoms with Crippen molar-refractivity contribution < 1.29 is 38.5 Å². The van der Waals surface area contributed by atoms with Crippen molar-refractivity contribution in [3.63, 3.8) is 0 Å². The Labute approximate surface area is 213 Å². The third-order valence-corrected chi connectivity index (χ3v) is 6.08. The number of aliphatic carboxylic acids is 1. The molecule has 0 bridgehead atoms. The number of unbranched alkanes of at least 4 members (excludes halogenated alkanes) is 2. The van der Waals surface area contributed by atoms with E-state index in [-0.39, 0.29) is 43.2 Å². The maximum absolute atomic E-state index is 12.3. The van der Waals surface area contributed by atoms with Crippen LogP contribution in [0, 0.1) is 5.92 Å². The highest BCUT2D eigenvalue weighted by Gasteiger charge is 2.44. The molecule has 0 unspecified atom stereocenters. The fourth-order valence-electron chi connectivity index (χ4n) is 3.66. The number of carboxylic acid groups (broad SMARTS) is 1. The minimum Gasteiger partial charge on any atom is -0.480 e. The zero-order valence-electron chi connectivity index (χ0n) is 22.1. The molecular formula is C27H41NO8. The first-order valence-electron chi connectivity index (χ1n) is 12.7. The summed E-state index contributed by atoms with van der Waals surface area (Å²) in [5.41, 5.74) is 5.07. The lowest BCUT2D eigenvalue weighted by atomic mass is 9.78. The average Bonchev–Trinajstić information content (AvgIpc) is 2.80. The van der Waals surface area contributed by atoms with Crippen molar-refractivity contribution in [1.82, 2.24) is 0 Å². The van der Waals surface area contributed by atoms with E-state index in [0.29, 0.717) is 24.8 Å². The molecule has 0 amide bonds. The second-order valence-electron chi connectivity index (χ2n) is 9.19. The van der Waals surface area contributed by atoms with E-state index in [4.69, 9.17) is 19.9 Å². The van der Waals surface area contributed by atoms with Gasteiger partial charge in [0.25, 0.3) is 0 Å². The van der Waals surface area contributed by atoms with E-state index in [9.17, 15) is 24.3 Å². The SMILES string of the molecule is CCCCCC(=O)O[C@@H](C)[C@@H](C)[C@](N)(Cc1ccc(OC(=O)CCC)c(OC(=O)CCC)c1)C(=O)O. The summed E-state index contributed by atoms with van der Waals surface area (Å²) in [5, 5.41) is 10.0. The van der Waals surface area contributed by atoms with Gasteiger partial charge in [0.1, 0.15) is 11.6 Å². The second-order valence-corrected chi connectivity index (χ2v) is 9.19. The lowest BCUT2D eigenvalue weighted by Crippen LogP contribution is -2.58. The third kappa shape index (κ3) is 9.60. The van der Waals surface area contributed by atoms with Crippen molar-refractivity contribution in [3.05, 3.63) is 23.8 Å². The molecule has 1 aromatic rings. The maximum Gasteiger partial charge on any atom is 0.324 e. The highest BCUT2D eigenvalue weighted by Crippen LogP contribution is 2.33. The molecule has 9 heteroatoms. The Kier molecular flexibility index (Phi) is 13.2. The van der Waals surface area contributed by atoms with Gasteiger partial charge < -0.3 is 25.1 Å². The summed E-state index contributed by atoms with van der Waals surface area (Å²) < 4.78 is 16.2. The highest BCUT2D eigenvalue weighted by molar-refractivity contribution is 5.80. The Morgan fingerprint density at radius 3 is 1.97 bits per heavy atom. The minimum absolute atomic E-state index is 0.0196. The molecule has 0 aliphatic rings. The van der Waals surface area contributed by atoms with Crippen LogP contribution in [-0.4, -0.2) is 40.6 Å². The number of hydrogen-bond donors (Lipinski definition) is 2. The third-order valence-electron chi connectivity index (χ3n) is 6.08. The smallest absolute Gasteiger partial charge is 0.324 e. The molecule has 0 fully saturated rings. The van der Waals surface area contributed by atoms with Crippen LogP contribution in [0.4, 0.5) is 0 Å². The van der Waals surface area contributed by atoms with Gasteiger partial charge in [0, 0.05) is 31.6 Å². The molecule has 0 aromatic heterocycles. The number of carbonyl (C=O) groups is 4. The fraction of sp³-hybridized carbons (Fsp3) is 0.630. The summed E-state index contributed by atoms with van der Waals surface area (Å²) in [6.07, 6.45) is 3.50. The van der Waals surface area contributed by atoms with Gasteiger partial charge >= 0.3 is 23.9 Å². The van der Waals surface area contributed by atoms with E-state index in [1.165, 1.54) is 12.1 Å². The van der Waals surface area contributed by atoms with Crippen LogP contribution in [-0.2, 0) is 30.3 Å². The standard InChI is InChI=1S/C27H41NO8/c1-6-9-10-13-25(31)34-19(5)18(4)27(28,26(32)33)17-20-14-15-21(35-23(29)11-7-2)22(16-20)36-24(30)12-8-3/h14-16,18-19H,6-13,17,28H2,1-5H3,(H,32,33)/t18-,19+,27-/m1/s1. The Hall–Kier alpha value is -2.94. The lowest BCUT2D eigenvalue weighted by Gasteiger charge is -2.35. The van der Waals surface area contributed by atoms with Crippen molar-refractivity contribution in [2.75, 3.05) is 0 Å². The fourth-order valence-corrected chi connectivity index (χ4v) is 3.66. The molecule has 1 aromatic carbocycles. The van der Waals surface area contributed by atoms with Gasteiger partial charge in [-0.3, -0.25) is 19.2 Å². The Bertz CT molecular complexity index is 900. The molecule has 0 aliphatic heterocycles. The molecule has 1 rings (SSSR count). The van der Waals surface area contributed by atoms with Gasteiger partial charge in [-0.25, -0.2) is 0 Å². The van der Waals surface area contributed by atoms with E-state index in [2.05, 4.69) is 0 Å². The molecule has 0 saturated heterocycles. The van der Waals surface area contributed by atoms with Crippen molar-refractivity contribution in [1.29, 1.82) is 0 Å². The normalized spacial score (nSPS) is 14.3. The van der Waals surface area contributed by atoms with Crippen LogP contribution in [0.1, 0.15) is 91.5 Å². The first-order chi connectivity index (χ1) is 17.0. The maximum atomic E-state index is 12.3. The van der Waals surface area contributed by atoms with Crippen LogP contribution in [0.25, 0.3) is 0 Å². The van der Waals surface area contributed by atoms with Gasteiger partial charge in [-0.15, -0.1) is 0 Å². The van der Waals surface area contributed by atoms with Crippen LogP contribution >= 0.6 is 0 Å². The van der Waals surface area contributed by atoms with Crippen LogP contribution in [0.3, 0.4) is 0 Å². The number of nitrogens with two attached hydrogens (primary N) is 1. The number of carbonyl (C=O) groups excluding carboxylic acids is 3. The number of hydrogen-bond acceptors (Lipinski definition) is 8. The summed E-state index contributed by atoms with van der Waals surface area (Å²) in [4.78, 5) is 48.6. The number of carboxylic acids is 1. The molecule has 0 radical (unpaired) electrons. The summed E-state index contributed by atoms with van der Waals surface area (Å²) in [6.45, 7) is 8.95. The molecule has 0 saturated carbocycles. The quantitative estimate of drug-likeness (QED) is 0.187. The second kappa shape index (κ2) is 15.2. The van der Waals surface area contributed by atoms with Gasteiger partial charge in [0.15, 0.2) is 11.5 Å². The molecule has 202 valence electrons. The predicted octanol–water partition coefficient (Wildman–Crippen LogP) is 4.57. The average molecular weight is 508 g/mol. The van der Waals surface area contributed by atoms with Crippen molar-refractivity contribution in [2.24, 2.45) is 11.7 Å². The zero-order valence-corrected chi connectivity index (χ0v) is 22.1. The monoisotopic (exact) mass is 507 g/mol. The summed E-state index contributed by atoms with van der Waals surface area (Å²) in [7, 11) is 0. The summed E-state index contributed by atoms with van der Waals surface area (Å²) in [5.74, 6) is -3.27. The Morgan fingerprint density at radius 1 is 0.861 bits per heavy atom. The number of esters is 3. The predicted molar refractivity (Wildman–Crippen MR) is 135 cm³/mol. The van der Waals surface area contributed by atoms with Crippen LogP contribution in [0.15, 0.2) is 18.2 Å². The first-order valence-corrected chi connectivity index (χ1v) is 12.7. The van der Waals surface area contributed by atoms with E-state index >= 15 is 0 Å². The van der Waals surface area contributed by atoms with Gasteiger partial charge in [-0.1, -0.05) is 46.6 Å². The molecule has 9 nitrogen and oxygen atoms in total. The van der Waals surface area contributed by atoms with E-state index < -0.39 is 35.5 Å². The van der Waals surface area contributed by atoms with Crippen molar-refractivity contribution in [2.45, 2.75) is 104 Å².